The van der Waals surface area contributed by atoms with Crippen molar-refractivity contribution in [2.24, 2.45) is 0 Å². The Morgan fingerprint density at radius 3 is 2.50 bits per heavy atom. The van der Waals surface area contributed by atoms with E-state index in [-0.39, 0.29) is 16.0 Å². The van der Waals surface area contributed by atoms with E-state index in [4.69, 9.17) is 11.6 Å². The van der Waals surface area contributed by atoms with Crippen LogP contribution in [0.25, 0.3) is 0 Å². The Balaban J connectivity index is 3.04. The van der Waals surface area contributed by atoms with Crippen LogP contribution < -0.4 is 5.32 Å². The molecule has 6 heteroatoms. The Kier molecular flexibility index (Phi) is 6.43. The highest BCUT2D eigenvalue weighted by Crippen LogP contribution is 2.24. The van der Waals surface area contributed by atoms with Gasteiger partial charge in [-0.2, -0.15) is 0 Å². The van der Waals surface area contributed by atoms with E-state index < -0.39 is 20.9 Å². The molecule has 0 amide bonds. The molecule has 2 atom stereocenters. The Hall–Kier alpha value is -0.650. The number of nitrogens with one attached hydrogen (secondary N) is 1. The quantitative estimate of drug-likeness (QED) is 0.783. The van der Waals surface area contributed by atoms with Crippen molar-refractivity contribution in [1.29, 1.82) is 0 Å². The maximum atomic E-state index is 13.1. The van der Waals surface area contributed by atoms with Gasteiger partial charge in [-0.25, -0.2) is 12.8 Å². The van der Waals surface area contributed by atoms with Crippen molar-refractivity contribution in [3.63, 3.8) is 0 Å². The summed E-state index contributed by atoms with van der Waals surface area (Å²) in [5.74, 6) is -0.616. The van der Waals surface area contributed by atoms with Crippen LogP contribution in [0, 0.1) is 5.82 Å². The largest absolute Gasteiger partial charge is 0.313 e. The van der Waals surface area contributed by atoms with E-state index in [9.17, 15) is 12.8 Å². The molecule has 0 saturated carbocycles. The van der Waals surface area contributed by atoms with Gasteiger partial charge in [-0.05, 0) is 44.5 Å². The van der Waals surface area contributed by atoms with Crippen molar-refractivity contribution < 1.29 is 12.8 Å². The van der Waals surface area contributed by atoms with E-state index in [1.807, 2.05) is 13.8 Å². The van der Waals surface area contributed by atoms with Gasteiger partial charge in [0.15, 0.2) is 9.84 Å². The van der Waals surface area contributed by atoms with Gasteiger partial charge in [0.1, 0.15) is 5.82 Å². The van der Waals surface area contributed by atoms with Crippen LogP contribution in [-0.4, -0.2) is 26.3 Å². The summed E-state index contributed by atoms with van der Waals surface area (Å²) >= 11 is 5.67. The van der Waals surface area contributed by atoms with Crippen molar-refractivity contribution in [1.82, 2.24) is 5.32 Å². The monoisotopic (exact) mass is 321 g/mol. The average Bonchev–Trinajstić information content (AvgIpc) is 2.42. The first kappa shape index (κ1) is 17.4. The molecule has 0 aliphatic rings. The molecule has 0 saturated heterocycles. The minimum atomic E-state index is -3.53. The molecule has 2 unspecified atom stereocenters. The molecule has 1 N–H and O–H groups in total. The van der Waals surface area contributed by atoms with Crippen LogP contribution in [0.15, 0.2) is 23.1 Å². The SMILES string of the molecule is CCCNC(CC)C(C)S(=O)(=O)c1ccc(F)c(Cl)c1. The van der Waals surface area contributed by atoms with Gasteiger partial charge in [0, 0.05) is 6.04 Å². The fraction of sp³-hybridized carbons (Fsp3) is 0.571. The molecule has 1 rings (SSSR count). The maximum absolute atomic E-state index is 13.1. The van der Waals surface area contributed by atoms with Gasteiger partial charge >= 0.3 is 0 Å². The molecule has 1 aromatic carbocycles. The molecule has 114 valence electrons. The molecule has 0 heterocycles. The van der Waals surface area contributed by atoms with Gasteiger partial charge < -0.3 is 5.32 Å². The molecule has 1 aromatic rings. The first-order valence-corrected chi connectivity index (χ1v) is 8.69. The molecule has 0 aromatic heterocycles. The van der Waals surface area contributed by atoms with Crippen LogP contribution in [0.1, 0.15) is 33.6 Å². The lowest BCUT2D eigenvalue weighted by molar-refractivity contribution is 0.472. The van der Waals surface area contributed by atoms with Crippen molar-refractivity contribution in [2.45, 2.75) is 49.8 Å². The molecular weight excluding hydrogens is 301 g/mol. The van der Waals surface area contributed by atoms with Crippen molar-refractivity contribution in [2.75, 3.05) is 6.54 Å². The second-order valence-electron chi connectivity index (χ2n) is 4.79. The summed E-state index contributed by atoms with van der Waals surface area (Å²) in [6, 6.07) is 3.39. The number of hydrogen-bond donors (Lipinski definition) is 1. The van der Waals surface area contributed by atoms with Gasteiger partial charge in [0.25, 0.3) is 0 Å². The summed E-state index contributed by atoms with van der Waals surface area (Å²) < 4.78 is 38.2. The molecule has 20 heavy (non-hydrogen) atoms. The molecule has 0 bridgehead atoms. The van der Waals surface area contributed by atoms with E-state index in [0.29, 0.717) is 6.42 Å². The lowest BCUT2D eigenvalue weighted by Crippen LogP contribution is -2.42. The van der Waals surface area contributed by atoms with Gasteiger partial charge in [-0.1, -0.05) is 25.4 Å². The van der Waals surface area contributed by atoms with Crippen molar-refractivity contribution in [3.8, 4) is 0 Å². The Morgan fingerprint density at radius 1 is 1.35 bits per heavy atom. The number of sulfone groups is 1. The third-order valence-electron chi connectivity index (χ3n) is 3.37. The molecule has 0 aliphatic heterocycles. The summed E-state index contributed by atoms with van der Waals surface area (Å²) in [5.41, 5.74) is 0. The average molecular weight is 322 g/mol. The molecule has 3 nitrogen and oxygen atoms in total. The van der Waals surface area contributed by atoms with Crippen molar-refractivity contribution in [3.05, 3.63) is 29.0 Å². The smallest absolute Gasteiger partial charge is 0.182 e. The first-order valence-electron chi connectivity index (χ1n) is 6.76. The van der Waals surface area contributed by atoms with Crippen LogP contribution in [0.5, 0.6) is 0 Å². The van der Waals surface area contributed by atoms with E-state index >= 15 is 0 Å². The molecule has 0 radical (unpaired) electrons. The van der Waals surface area contributed by atoms with E-state index in [0.717, 1.165) is 19.0 Å². The zero-order valence-corrected chi connectivity index (χ0v) is 13.6. The second-order valence-corrected chi connectivity index (χ2v) is 7.51. The highest BCUT2D eigenvalue weighted by molar-refractivity contribution is 7.92. The van der Waals surface area contributed by atoms with Crippen molar-refractivity contribution >= 4 is 21.4 Å². The summed E-state index contributed by atoms with van der Waals surface area (Å²) in [5, 5.41) is 2.46. The summed E-state index contributed by atoms with van der Waals surface area (Å²) in [6.45, 7) is 6.40. The first-order chi connectivity index (χ1) is 9.34. The summed E-state index contributed by atoms with van der Waals surface area (Å²) in [4.78, 5) is 0.0631. The fourth-order valence-electron chi connectivity index (χ4n) is 2.06. The topological polar surface area (TPSA) is 46.2 Å². The third kappa shape index (κ3) is 3.93. The zero-order chi connectivity index (χ0) is 15.3. The van der Waals surface area contributed by atoms with Crippen LogP contribution in [0.2, 0.25) is 5.02 Å². The number of benzene rings is 1. The predicted octanol–water partition coefficient (Wildman–Crippen LogP) is 3.42. The molecular formula is C14H21ClFNO2S. The van der Waals surface area contributed by atoms with Crippen LogP contribution >= 0.6 is 11.6 Å². The van der Waals surface area contributed by atoms with Crippen LogP contribution in [-0.2, 0) is 9.84 Å². The van der Waals surface area contributed by atoms with Gasteiger partial charge in [-0.3, -0.25) is 0 Å². The highest BCUT2D eigenvalue weighted by atomic mass is 35.5. The normalized spacial score (nSPS) is 15.1. The zero-order valence-electron chi connectivity index (χ0n) is 12.0. The molecule has 0 spiro atoms. The van der Waals surface area contributed by atoms with Crippen LogP contribution in [0.3, 0.4) is 0 Å². The highest BCUT2D eigenvalue weighted by Gasteiger charge is 2.30. The number of rotatable bonds is 7. The lowest BCUT2D eigenvalue weighted by Gasteiger charge is -2.24. The fourth-order valence-corrected chi connectivity index (χ4v) is 3.99. The van der Waals surface area contributed by atoms with E-state index in [2.05, 4.69) is 5.32 Å². The Bertz CT molecular complexity index is 548. The lowest BCUT2D eigenvalue weighted by atomic mass is 10.1. The van der Waals surface area contributed by atoms with E-state index in [1.54, 1.807) is 6.92 Å². The van der Waals surface area contributed by atoms with Crippen LogP contribution in [0.4, 0.5) is 4.39 Å². The Morgan fingerprint density at radius 2 is 2.00 bits per heavy atom. The second kappa shape index (κ2) is 7.38. The Labute approximate surface area is 125 Å². The van der Waals surface area contributed by atoms with Gasteiger partial charge in [-0.15, -0.1) is 0 Å². The van der Waals surface area contributed by atoms with Gasteiger partial charge in [0.2, 0.25) is 0 Å². The minimum absolute atomic E-state index is 0.0631. The molecule has 0 fully saturated rings. The standard InChI is InChI=1S/C14H21ClFNO2S/c1-4-8-17-14(5-2)10(3)20(18,19)11-6-7-13(16)12(15)9-11/h6-7,9-10,14,17H,4-5,8H2,1-3H3. The van der Waals surface area contributed by atoms with Gasteiger partial charge in [0.05, 0.1) is 15.2 Å². The summed E-state index contributed by atoms with van der Waals surface area (Å²) in [6.07, 6.45) is 1.64. The third-order valence-corrected chi connectivity index (χ3v) is 5.88. The number of halogens is 2. The van der Waals surface area contributed by atoms with E-state index in [1.165, 1.54) is 12.1 Å². The number of hydrogen-bond acceptors (Lipinski definition) is 3. The predicted molar refractivity (Wildman–Crippen MR) is 80.4 cm³/mol. The minimum Gasteiger partial charge on any atom is -0.313 e. The molecule has 0 aliphatic carbocycles. The summed E-state index contributed by atoms with van der Waals surface area (Å²) in [7, 11) is -3.53. The maximum Gasteiger partial charge on any atom is 0.182 e.